The quantitative estimate of drug-likeness (QED) is 0.545. The highest BCUT2D eigenvalue weighted by Crippen LogP contribution is 2.23. The molecule has 106 valence electrons. The average Bonchev–Trinajstić information content (AvgIpc) is 2.63. The Morgan fingerprint density at radius 2 is 1.25 bits per heavy atom. The van der Waals surface area contributed by atoms with Gasteiger partial charge in [0, 0.05) is 58.0 Å². The van der Waals surface area contributed by atoms with Gasteiger partial charge < -0.3 is 18.9 Å². The van der Waals surface area contributed by atoms with Gasteiger partial charge in [-0.25, -0.2) is 4.79 Å². The molecule has 1 saturated heterocycles. The van der Waals surface area contributed by atoms with Crippen LogP contribution in [0.3, 0.4) is 0 Å². The number of nitrogens with zero attached hydrogens (tertiary/aromatic N) is 2. The molecule has 0 aromatic heterocycles. The Labute approximate surface area is 124 Å². The second-order valence-corrected chi connectivity index (χ2v) is 3.89. The van der Waals surface area contributed by atoms with Crippen LogP contribution in [0.15, 0.2) is 0 Å². The Bertz CT molecular complexity index is 262. The largest absolute Gasteiger partial charge is 0.364 e. The molecule has 2 unspecified atom stereocenters. The third-order valence-corrected chi connectivity index (χ3v) is 2.37. The van der Waals surface area contributed by atoms with Gasteiger partial charge in [-0.15, -0.1) is 0 Å². The van der Waals surface area contributed by atoms with E-state index in [1.807, 2.05) is 0 Å². The summed E-state index contributed by atoms with van der Waals surface area (Å²) in [5, 5.41) is 0. The molecule has 20 heavy (non-hydrogen) atoms. The average molecular weight is 278 g/mol. The Morgan fingerprint density at radius 1 is 0.950 bits per heavy atom. The summed E-state index contributed by atoms with van der Waals surface area (Å²) < 4.78 is 20.4. The number of urea groups is 1. The summed E-state index contributed by atoms with van der Waals surface area (Å²) in [5.41, 5.74) is 0. The number of amides is 2. The molecular formula is C9H18B4N2O5. The summed E-state index contributed by atoms with van der Waals surface area (Å²) >= 11 is 0. The maximum atomic E-state index is 12.0. The van der Waals surface area contributed by atoms with Crippen LogP contribution in [0.4, 0.5) is 4.79 Å². The van der Waals surface area contributed by atoms with Crippen molar-refractivity contribution in [1.29, 1.82) is 0 Å². The second-order valence-electron chi connectivity index (χ2n) is 3.89. The molecule has 7 nitrogen and oxygen atoms in total. The molecule has 1 aliphatic rings. The smallest absolute Gasteiger partial charge is 0.328 e. The van der Waals surface area contributed by atoms with E-state index in [0.717, 1.165) is 0 Å². The van der Waals surface area contributed by atoms with Crippen LogP contribution in [-0.2, 0) is 18.9 Å². The van der Waals surface area contributed by atoms with Crippen molar-refractivity contribution in [2.75, 3.05) is 41.9 Å². The predicted octanol–water partition coefficient (Wildman–Crippen LogP) is -1.65. The summed E-state index contributed by atoms with van der Waals surface area (Å²) in [6.07, 6.45) is -1.65. The first-order valence-electron chi connectivity index (χ1n) is 5.82. The monoisotopic (exact) mass is 278 g/mol. The van der Waals surface area contributed by atoms with Gasteiger partial charge in [0.15, 0.2) is 12.5 Å². The van der Waals surface area contributed by atoms with Crippen molar-refractivity contribution in [2.45, 2.75) is 12.5 Å². The Balaban J connectivity index is 0.000000796. The zero-order chi connectivity index (χ0) is 15.7. The first-order chi connectivity index (χ1) is 9.44. The van der Waals surface area contributed by atoms with Crippen molar-refractivity contribution in [3.8, 4) is 0 Å². The van der Waals surface area contributed by atoms with E-state index in [2.05, 4.69) is 23.2 Å². The molecule has 6 radical (unpaired) electrons. The van der Waals surface area contributed by atoms with Gasteiger partial charge in [-0.1, -0.05) is 0 Å². The fourth-order valence-corrected chi connectivity index (χ4v) is 1.71. The van der Waals surface area contributed by atoms with Crippen LogP contribution in [0.5, 0.6) is 0 Å². The molecule has 2 amide bonds. The van der Waals surface area contributed by atoms with E-state index in [-0.39, 0.29) is 19.5 Å². The van der Waals surface area contributed by atoms with Gasteiger partial charge in [0.2, 0.25) is 0 Å². The highest BCUT2D eigenvalue weighted by molar-refractivity contribution is 7.49. The number of rotatable bonds is 6. The van der Waals surface area contributed by atoms with Crippen molar-refractivity contribution >= 4 is 35.6 Å². The van der Waals surface area contributed by atoms with E-state index < -0.39 is 18.8 Å². The number of hydrogen-bond donors (Lipinski definition) is 0. The lowest BCUT2D eigenvalue weighted by molar-refractivity contribution is -0.132. The molecule has 0 spiro atoms. The first-order valence-corrected chi connectivity index (χ1v) is 5.82. The lowest BCUT2D eigenvalue weighted by atomic mass is 9.08. The number of carbonyl (C=O) groups is 1. The minimum absolute atomic E-state index is 0.150. The summed E-state index contributed by atoms with van der Waals surface area (Å²) in [6.45, 7) is 0.300. The molecule has 1 fully saturated rings. The molecule has 2 atom stereocenters. The topological polar surface area (TPSA) is 60.5 Å². The van der Waals surface area contributed by atoms with Crippen molar-refractivity contribution in [3.05, 3.63) is 0 Å². The van der Waals surface area contributed by atoms with Gasteiger partial charge in [0.25, 0.3) is 0 Å². The molecule has 11 heteroatoms. The van der Waals surface area contributed by atoms with E-state index in [1.165, 1.54) is 38.2 Å². The highest BCUT2D eigenvalue weighted by Gasteiger charge is 2.46. The summed E-state index contributed by atoms with van der Waals surface area (Å²) in [5.74, 6) is 0. The molecule has 1 heterocycles. The minimum atomic E-state index is -0.667. The second kappa shape index (κ2) is 10.1. The fraction of sp³-hybridized carbons (Fsp3) is 0.889. The van der Waals surface area contributed by atoms with Gasteiger partial charge in [0.1, 0.15) is 13.5 Å². The Hall–Kier alpha value is -0.630. The van der Waals surface area contributed by atoms with Crippen LogP contribution in [0.1, 0.15) is 0 Å². The maximum absolute atomic E-state index is 12.0. The van der Waals surface area contributed by atoms with Crippen LogP contribution >= 0.6 is 0 Å². The van der Waals surface area contributed by atoms with E-state index in [4.69, 9.17) is 18.9 Å². The highest BCUT2D eigenvalue weighted by atomic mass is 16.6. The normalized spacial score (nSPS) is 21.7. The van der Waals surface area contributed by atoms with Crippen LogP contribution in [0.25, 0.3) is 0 Å². The predicted molar refractivity (Wildman–Crippen MR) is 77.4 cm³/mol. The van der Waals surface area contributed by atoms with E-state index >= 15 is 0 Å². The lowest BCUT2D eigenvalue weighted by Gasteiger charge is -2.24. The molecule has 0 aromatic carbocycles. The van der Waals surface area contributed by atoms with Crippen molar-refractivity contribution in [1.82, 2.24) is 9.80 Å². The molecular weight excluding hydrogens is 259 g/mol. The van der Waals surface area contributed by atoms with Gasteiger partial charge >= 0.3 is 6.03 Å². The van der Waals surface area contributed by atoms with Gasteiger partial charge in [-0.3, -0.25) is 9.80 Å². The molecule has 0 aromatic rings. The van der Waals surface area contributed by atoms with Crippen molar-refractivity contribution in [2.24, 2.45) is 0 Å². The number of methoxy groups -OCH3 is 4. The van der Waals surface area contributed by atoms with Crippen LogP contribution < -0.4 is 0 Å². The van der Waals surface area contributed by atoms with Crippen molar-refractivity contribution in [3.63, 3.8) is 0 Å². The lowest BCUT2D eigenvalue weighted by Crippen LogP contribution is -2.41. The molecule has 0 saturated carbocycles. The fourth-order valence-electron chi connectivity index (χ4n) is 1.71. The molecule has 0 N–H and O–H groups in total. The van der Waals surface area contributed by atoms with Crippen LogP contribution in [-0.4, -0.2) is 99.8 Å². The maximum Gasteiger partial charge on any atom is 0.328 e. The van der Waals surface area contributed by atoms with Gasteiger partial charge in [-0.05, 0) is 0 Å². The number of carbonyl (C=O) groups excluding carboxylic acids is 1. The summed E-state index contributed by atoms with van der Waals surface area (Å²) in [4.78, 5) is 14.8. The number of hydrogen-bond acceptors (Lipinski definition) is 5. The number of ether oxygens (including phenoxy) is 4. The third kappa shape index (κ3) is 5.40. The van der Waals surface area contributed by atoms with Crippen molar-refractivity contribution < 1.29 is 23.7 Å². The van der Waals surface area contributed by atoms with E-state index in [1.54, 1.807) is 0 Å². The van der Waals surface area contributed by atoms with E-state index in [0.29, 0.717) is 0 Å². The Kier molecular flexibility index (Phi) is 9.83. The van der Waals surface area contributed by atoms with Crippen LogP contribution in [0.2, 0.25) is 0 Å². The summed E-state index contributed by atoms with van der Waals surface area (Å²) in [6, 6.07) is -0.234. The molecule has 0 aliphatic carbocycles. The van der Waals surface area contributed by atoms with Gasteiger partial charge in [-0.2, -0.15) is 0 Å². The van der Waals surface area contributed by atoms with Gasteiger partial charge in [0.05, 0.1) is 0 Å². The third-order valence-electron chi connectivity index (χ3n) is 2.37. The molecule has 1 rings (SSSR count). The first kappa shape index (κ1) is 19.4. The van der Waals surface area contributed by atoms with E-state index in [9.17, 15) is 4.79 Å². The Morgan fingerprint density at radius 3 is 1.45 bits per heavy atom. The minimum Gasteiger partial charge on any atom is -0.364 e. The zero-order valence-electron chi connectivity index (χ0n) is 12.3. The van der Waals surface area contributed by atoms with Crippen LogP contribution in [0, 0.1) is 0 Å². The zero-order valence-corrected chi connectivity index (χ0v) is 12.3. The SMILES string of the molecule is COCN1C(=O)N(COC)C(OC)C1OC.[B]B([B])[B]. The molecule has 1 aliphatic heterocycles. The summed E-state index contributed by atoms with van der Waals surface area (Å²) in [7, 11) is 20.1. The standard InChI is InChI=1S/C9H18N2O5.B4/c1-13-5-10-7(15-3)8(16-4)11(6-14-2)9(10)12;1-4(2)3/h7-8H,5-6H2,1-4H3;. The molecule has 0 bridgehead atoms.